The van der Waals surface area contributed by atoms with Gasteiger partial charge in [0.15, 0.2) is 0 Å². The Kier molecular flexibility index (Phi) is 3.40. The summed E-state index contributed by atoms with van der Waals surface area (Å²) in [4.78, 5) is 0. The van der Waals surface area contributed by atoms with Crippen molar-refractivity contribution in [3.8, 4) is 0 Å². The van der Waals surface area contributed by atoms with Crippen molar-refractivity contribution in [3.05, 3.63) is 34.4 Å². The Morgan fingerprint density at radius 3 is 1.83 bits per heavy atom. The summed E-state index contributed by atoms with van der Waals surface area (Å²) < 4.78 is 127. The standard InChI is InChI=1S/C11HF9N2OSe/c12-3-1-2(4(13)6(15)5(3)14)10(16,17)7-9(1,23)8(11(18,19)20)22-24-21-7/h23H. The predicted molar refractivity (Wildman–Crippen MR) is 60.7 cm³/mol. The van der Waals surface area contributed by atoms with Gasteiger partial charge in [-0.25, -0.2) is 0 Å². The van der Waals surface area contributed by atoms with E-state index in [-0.39, 0.29) is 0 Å². The Hall–Kier alpha value is -1.59. The molecule has 3 rings (SSSR count). The average molecular weight is 427 g/mol. The normalized spacial score (nSPS) is 25.1. The molecular formula is C11HF9N2OSe. The van der Waals surface area contributed by atoms with Gasteiger partial charge in [-0.2, -0.15) is 0 Å². The van der Waals surface area contributed by atoms with E-state index in [1.54, 1.807) is 0 Å². The molecule has 0 spiro atoms. The third kappa shape index (κ3) is 1.85. The minimum atomic E-state index is -5.54. The van der Waals surface area contributed by atoms with E-state index in [0.29, 0.717) is 0 Å². The Balaban J connectivity index is 2.49. The molecular weight excluding hydrogens is 426 g/mol. The van der Waals surface area contributed by atoms with Crippen LogP contribution < -0.4 is 0 Å². The predicted octanol–water partition coefficient (Wildman–Crippen LogP) is 2.53. The molecule has 0 saturated carbocycles. The van der Waals surface area contributed by atoms with Gasteiger partial charge in [0.05, 0.1) is 0 Å². The number of benzene rings is 1. The van der Waals surface area contributed by atoms with Crippen LogP contribution >= 0.6 is 0 Å². The van der Waals surface area contributed by atoms with Gasteiger partial charge in [0.25, 0.3) is 0 Å². The molecule has 1 aromatic rings. The fraction of sp³-hybridized carbons (Fsp3) is 0.273. The molecule has 13 heteroatoms. The van der Waals surface area contributed by atoms with Crippen molar-refractivity contribution in [3.63, 3.8) is 0 Å². The quantitative estimate of drug-likeness (QED) is 0.294. The van der Waals surface area contributed by atoms with Crippen molar-refractivity contribution >= 4 is 26.8 Å². The van der Waals surface area contributed by atoms with Crippen LogP contribution in [-0.2, 0) is 11.5 Å². The minimum absolute atomic E-state index is 1.82. The Morgan fingerprint density at radius 1 is 0.833 bits per heavy atom. The van der Waals surface area contributed by atoms with E-state index in [4.69, 9.17) is 0 Å². The summed E-state index contributed by atoms with van der Waals surface area (Å²) >= 11 is -1.82. The molecule has 0 aromatic heterocycles. The molecule has 1 N–H and O–H groups in total. The van der Waals surface area contributed by atoms with E-state index in [1.165, 1.54) is 0 Å². The van der Waals surface area contributed by atoms with Crippen molar-refractivity contribution in [2.24, 2.45) is 8.02 Å². The first-order valence-electron chi connectivity index (χ1n) is 5.74. The van der Waals surface area contributed by atoms with Crippen LogP contribution in [0.1, 0.15) is 11.1 Å². The zero-order chi connectivity index (χ0) is 18.2. The topological polar surface area (TPSA) is 45.0 Å². The molecule has 0 fully saturated rings. The van der Waals surface area contributed by atoms with Crippen LogP contribution in [0.5, 0.6) is 0 Å². The van der Waals surface area contributed by atoms with E-state index >= 15 is 0 Å². The van der Waals surface area contributed by atoms with Crippen LogP contribution in [-0.4, -0.2) is 38.1 Å². The third-order valence-corrected chi connectivity index (χ3v) is 4.57. The van der Waals surface area contributed by atoms with Gasteiger partial charge in [-0.05, 0) is 0 Å². The second-order valence-electron chi connectivity index (χ2n) is 4.75. The van der Waals surface area contributed by atoms with Crippen LogP contribution in [0.15, 0.2) is 8.02 Å². The Bertz CT molecular complexity index is 832. The number of aliphatic hydroxyl groups is 1. The number of hydrogen-bond acceptors (Lipinski definition) is 3. The first kappa shape index (κ1) is 17.2. The zero-order valence-electron chi connectivity index (χ0n) is 10.7. The third-order valence-electron chi connectivity index (χ3n) is 3.46. The summed E-state index contributed by atoms with van der Waals surface area (Å²) in [7, 11) is 0. The summed E-state index contributed by atoms with van der Waals surface area (Å²) in [6.45, 7) is 0. The number of rotatable bonds is 0. The maximum absolute atomic E-state index is 14.2. The maximum atomic E-state index is 14.2. The van der Waals surface area contributed by atoms with Crippen molar-refractivity contribution in [2.45, 2.75) is 17.7 Å². The van der Waals surface area contributed by atoms with Crippen LogP contribution in [0.3, 0.4) is 0 Å². The summed E-state index contributed by atoms with van der Waals surface area (Å²) in [5.74, 6) is -15.3. The molecule has 1 aliphatic heterocycles. The average Bonchev–Trinajstić information content (AvgIpc) is 2.65. The van der Waals surface area contributed by atoms with E-state index in [1.807, 2.05) is 0 Å². The van der Waals surface area contributed by atoms with Crippen LogP contribution in [0.2, 0.25) is 0 Å². The molecule has 24 heavy (non-hydrogen) atoms. The molecule has 3 nitrogen and oxygen atoms in total. The summed E-state index contributed by atoms with van der Waals surface area (Å²) in [6, 6.07) is 0. The van der Waals surface area contributed by atoms with Gasteiger partial charge in [-0.15, -0.1) is 0 Å². The van der Waals surface area contributed by atoms with Crippen molar-refractivity contribution < 1.29 is 44.6 Å². The molecule has 0 bridgehead atoms. The fourth-order valence-electron chi connectivity index (χ4n) is 2.51. The van der Waals surface area contributed by atoms with Crippen molar-refractivity contribution in [1.82, 2.24) is 0 Å². The fourth-order valence-corrected chi connectivity index (χ4v) is 3.95. The number of nitrogens with zero attached hydrogens (tertiary/aromatic N) is 2. The zero-order valence-corrected chi connectivity index (χ0v) is 12.4. The van der Waals surface area contributed by atoms with E-state index in [2.05, 4.69) is 8.02 Å². The first-order valence-corrected chi connectivity index (χ1v) is 7.27. The summed E-state index contributed by atoms with van der Waals surface area (Å²) in [5, 5.41) is 10.2. The van der Waals surface area contributed by atoms with Gasteiger partial charge in [0.2, 0.25) is 0 Å². The number of alkyl halides is 5. The molecule has 130 valence electrons. The van der Waals surface area contributed by atoms with Crippen LogP contribution in [0.25, 0.3) is 0 Å². The van der Waals surface area contributed by atoms with Crippen molar-refractivity contribution in [1.29, 1.82) is 0 Å². The van der Waals surface area contributed by atoms with Gasteiger partial charge in [-0.1, -0.05) is 0 Å². The van der Waals surface area contributed by atoms with E-state index in [0.717, 1.165) is 0 Å². The Labute approximate surface area is 132 Å². The molecule has 1 unspecified atom stereocenters. The molecule has 1 aliphatic carbocycles. The van der Waals surface area contributed by atoms with Gasteiger partial charge in [0, 0.05) is 0 Å². The molecule has 0 radical (unpaired) electrons. The van der Waals surface area contributed by atoms with E-state index < -0.39 is 78.9 Å². The molecule has 1 aromatic carbocycles. The number of hydrogen-bond donors (Lipinski definition) is 1. The van der Waals surface area contributed by atoms with Gasteiger partial charge < -0.3 is 0 Å². The van der Waals surface area contributed by atoms with Gasteiger partial charge in [-0.3, -0.25) is 0 Å². The van der Waals surface area contributed by atoms with Crippen LogP contribution in [0.4, 0.5) is 39.5 Å². The van der Waals surface area contributed by atoms with E-state index in [9.17, 15) is 44.6 Å². The molecule has 0 amide bonds. The monoisotopic (exact) mass is 428 g/mol. The van der Waals surface area contributed by atoms with Gasteiger partial charge >= 0.3 is 132 Å². The second-order valence-corrected chi connectivity index (χ2v) is 5.86. The molecule has 1 heterocycles. The Morgan fingerprint density at radius 2 is 1.33 bits per heavy atom. The molecule has 1 atom stereocenters. The van der Waals surface area contributed by atoms with Gasteiger partial charge in [0.1, 0.15) is 0 Å². The number of halogens is 9. The van der Waals surface area contributed by atoms with Crippen molar-refractivity contribution in [2.75, 3.05) is 0 Å². The molecule has 0 saturated heterocycles. The number of fused-ring (bicyclic) bond motifs is 3. The SMILES string of the molecule is OC12C(C(F)(F)F)=N[Se]N=C1C(F)(F)c1c(F)c(F)c(F)c(F)c12. The summed E-state index contributed by atoms with van der Waals surface area (Å²) in [5.41, 5.74) is -12.7. The van der Waals surface area contributed by atoms with Crippen LogP contribution in [0, 0.1) is 23.3 Å². The molecule has 2 aliphatic rings. The summed E-state index contributed by atoms with van der Waals surface area (Å²) in [6.07, 6.45) is -5.54. The first-order chi connectivity index (χ1) is 10.9. The second kappa shape index (κ2) is 4.73.